The number of aliphatic hydroxyl groups excluding tert-OH is 1. The van der Waals surface area contributed by atoms with Crippen molar-refractivity contribution in [3.05, 3.63) is 63.4 Å². The van der Waals surface area contributed by atoms with Crippen molar-refractivity contribution in [3.8, 4) is 0 Å². The van der Waals surface area contributed by atoms with Crippen molar-refractivity contribution < 1.29 is 19.1 Å². The average molecular weight is 548 g/mol. The number of carbonyl (C=O) groups excluding carboxylic acids is 2. The molecular weight excluding hydrogens is 516 g/mol. The summed E-state index contributed by atoms with van der Waals surface area (Å²) in [7, 11) is 0. The number of carbonyl (C=O) groups is 2. The molecule has 6 nitrogen and oxygen atoms in total. The molecule has 0 bridgehead atoms. The van der Waals surface area contributed by atoms with Crippen LogP contribution in [-0.4, -0.2) is 41.2 Å². The molecule has 2 aromatic rings. The van der Waals surface area contributed by atoms with Crippen molar-refractivity contribution >= 4 is 40.7 Å². The van der Waals surface area contributed by atoms with Gasteiger partial charge in [0.1, 0.15) is 11.2 Å². The van der Waals surface area contributed by atoms with E-state index in [1.54, 1.807) is 30.3 Å². The van der Waals surface area contributed by atoms with E-state index in [1.807, 2.05) is 0 Å². The number of nitrogens with one attached hydrogen (secondary N) is 3. The molecule has 1 unspecified atom stereocenters. The second-order valence-electron chi connectivity index (χ2n) is 11.8. The molecule has 2 amide bonds. The van der Waals surface area contributed by atoms with Gasteiger partial charge in [0.05, 0.1) is 17.2 Å². The van der Waals surface area contributed by atoms with Gasteiger partial charge in [-0.05, 0) is 60.4 Å². The minimum atomic E-state index is -1.28. The Hall–Kier alpha value is -2.19. The highest BCUT2D eigenvalue weighted by Gasteiger charge is 2.66. The van der Waals surface area contributed by atoms with E-state index < -0.39 is 35.3 Å². The van der Waals surface area contributed by atoms with Gasteiger partial charge in [-0.3, -0.25) is 9.59 Å². The van der Waals surface area contributed by atoms with Crippen LogP contribution in [0.4, 0.5) is 10.1 Å². The summed E-state index contributed by atoms with van der Waals surface area (Å²) in [6.07, 6.45) is 1.83. The lowest BCUT2D eigenvalue weighted by molar-refractivity contribution is -0.124. The molecule has 5 rings (SSSR count). The first-order valence-corrected chi connectivity index (χ1v) is 13.5. The van der Waals surface area contributed by atoms with E-state index in [1.165, 1.54) is 6.07 Å². The maximum atomic E-state index is 15.7. The lowest BCUT2D eigenvalue weighted by atomic mass is 9.62. The molecule has 2 aliphatic heterocycles. The predicted molar refractivity (Wildman–Crippen MR) is 142 cm³/mol. The van der Waals surface area contributed by atoms with Crippen LogP contribution in [0.15, 0.2) is 36.4 Å². The Morgan fingerprint density at radius 1 is 1.22 bits per heavy atom. The quantitative estimate of drug-likeness (QED) is 0.437. The van der Waals surface area contributed by atoms with Gasteiger partial charge in [-0.2, -0.15) is 0 Å². The SMILES string of the molecule is CC(C)(C)C[C@H]1N[C@@H](C(=O)NC2CC[C@@H](O)C2)[C@H](c2cccc(Cl)c2F)[C@@]12C(=O)Nc1cc(Cl)ccc12. The highest BCUT2D eigenvalue weighted by atomic mass is 35.5. The van der Waals surface area contributed by atoms with Gasteiger partial charge in [-0.15, -0.1) is 0 Å². The molecule has 4 N–H and O–H groups in total. The summed E-state index contributed by atoms with van der Waals surface area (Å²) in [6, 6.07) is 8.34. The molecule has 0 aromatic heterocycles. The highest BCUT2D eigenvalue weighted by Crippen LogP contribution is 2.57. The zero-order chi connectivity index (χ0) is 26.7. The summed E-state index contributed by atoms with van der Waals surface area (Å²) >= 11 is 12.5. The Labute approximate surface area is 226 Å². The highest BCUT2D eigenvalue weighted by molar-refractivity contribution is 6.31. The number of hydrogen-bond acceptors (Lipinski definition) is 4. The number of rotatable bonds is 4. The van der Waals surface area contributed by atoms with E-state index in [9.17, 15) is 14.7 Å². The number of halogens is 3. The molecular formula is C28H32Cl2FN3O3. The van der Waals surface area contributed by atoms with Gasteiger partial charge in [0.2, 0.25) is 11.8 Å². The van der Waals surface area contributed by atoms with Crippen LogP contribution in [0.3, 0.4) is 0 Å². The van der Waals surface area contributed by atoms with E-state index in [-0.39, 0.29) is 33.9 Å². The Morgan fingerprint density at radius 3 is 2.65 bits per heavy atom. The smallest absolute Gasteiger partial charge is 0.238 e. The molecule has 2 heterocycles. The maximum Gasteiger partial charge on any atom is 0.238 e. The first-order chi connectivity index (χ1) is 17.4. The third-order valence-electron chi connectivity index (χ3n) is 7.97. The minimum absolute atomic E-state index is 0.0697. The van der Waals surface area contributed by atoms with E-state index in [0.717, 1.165) is 0 Å². The monoisotopic (exact) mass is 547 g/mol. The fraction of sp³-hybridized carbons (Fsp3) is 0.500. The van der Waals surface area contributed by atoms with Crippen LogP contribution >= 0.6 is 23.2 Å². The van der Waals surface area contributed by atoms with E-state index in [2.05, 4.69) is 36.7 Å². The van der Waals surface area contributed by atoms with Crippen LogP contribution in [0, 0.1) is 11.2 Å². The summed E-state index contributed by atoms with van der Waals surface area (Å²) < 4.78 is 15.7. The van der Waals surface area contributed by atoms with Gasteiger partial charge in [0.25, 0.3) is 0 Å². The molecule has 1 aliphatic carbocycles. The minimum Gasteiger partial charge on any atom is -0.393 e. The van der Waals surface area contributed by atoms with Crippen LogP contribution in [0.1, 0.15) is 63.5 Å². The van der Waals surface area contributed by atoms with E-state index >= 15 is 4.39 Å². The summed E-state index contributed by atoms with van der Waals surface area (Å²) in [5.74, 6) is -2.15. The lowest BCUT2D eigenvalue weighted by Crippen LogP contribution is -2.49. The molecule has 1 saturated heterocycles. The standard InChI is InChI=1S/C28H32Cl2FN3O3/c1-27(2,3)13-21-28(18-10-7-14(29)11-20(18)33-26(28)37)22(17-5-4-6-19(30)23(17)31)24(34-21)25(36)32-15-8-9-16(35)12-15/h4-7,10-11,15-16,21-22,24,34-35H,8-9,12-13H2,1-3H3,(H,32,36)(H,33,37)/t15?,16-,21-,22+,24-,28+/m1/s1. The van der Waals surface area contributed by atoms with Crippen molar-refractivity contribution in [1.82, 2.24) is 10.6 Å². The van der Waals surface area contributed by atoms with Gasteiger partial charge < -0.3 is 21.1 Å². The van der Waals surface area contributed by atoms with Crippen molar-refractivity contribution in [2.45, 2.75) is 82.0 Å². The van der Waals surface area contributed by atoms with Crippen molar-refractivity contribution in [2.75, 3.05) is 5.32 Å². The van der Waals surface area contributed by atoms with Crippen LogP contribution in [0.5, 0.6) is 0 Å². The van der Waals surface area contributed by atoms with E-state index in [4.69, 9.17) is 23.2 Å². The molecule has 2 aromatic carbocycles. The number of benzene rings is 2. The Morgan fingerprint density at radius 2 is 1.97 bits per heavy atom. The normalized spacial score (nSPS) is 31.0. The summed E-state index contributed by atoms with van der Waals surface area (Å²) in [4.78, 5) is 27.9. The second kappa shape index (κ2) is 9.53. The van der Waals surface area contributed by atoms with Gasteiger partial charge in [0.15, 0.2) is 0 Å². The molecule has 1 spiro atoms. The summed E-state index contributed by atoms with van der Waals surface area (Å²) in [5, 5.41) is 19.9. The van der Waals surface area contributed by atoms with Crippen molar-refractivity contribution in [3.63, 3.8) is 0 Å². The molecule has 3 aliphatic rings. The lowest BCUT2D eigenvalue weighted by Gasteiger charge is -2.37. The zero-order valence-electron chi connectivity index (χ0n) is 21.1. The molecule has 2 fully saturated rings. The fourth-order valence-electron chi connectivity index (χ4n) is 6.53. The molecule has 198 valence electrons. The molecule has 6 atom stereocenters. The molecule has 0 radical (unpaired) electrons. The number of amides is 2. The van der Waals surface area contributed by atoms with Crippen LogP contribution in [-0.2, 0) is 15.0 Å². The van der Waals surface area contributed by atoms with Crippen LogP contribution in [0.25, 0.3) is 0 Å². The topological polar surface area (TPSA) is 90.5 Å². The third-order valence-corrected chi connectivity index (χ3v) is 8.50. The Bertz CT molecular complexity index is 1250. The largest absolute Gasteiger partial charge is 0.393 e. The summed E-state index contributed by atoms with van der Waals surface area (Å²) in [6.45, 7) is 6.21. The number of fused-ring (bicyclic) bond motifs is 2. The number of aliphatic hydroxyl groups is 1. The fourth-order valence-corrected chi connectivity index (χ4v) is 6.89. The molecule has 1 saturated carbocycles. The van der Waals surface area contributed by atoms with Crippen molar-refractivity contribution in [2.24, 2.45) is 5.41 Å². The van der Waals surface area contributed by atoms with Crippen molar-refractivity contribution in [1.29, 1.82) is 0 Å². The average Bonchev–Trinajstić information content (AvgIpc) is 3.44. The molecule has 9 heteroatoms. The van der Waals surface area contributed by atoms with Gasteiger partial charge in [-0.1, -0.05) is 62.2 Å². The van der Waals surface area contributed by atoms with E-state index in [0.29, 0.717) is 42.0 Å². The van der Waals surface area contributed by atoms with Crippen LogP contribution in [0.2, 0.25) is 10.0 Å². The first kappa shape index (κ1) is 26.4. The second-order valence-corrected chi connectivity index (χ2v) is 12.6. The zero-order valence-corrected chi connectivity index (χ0v) is 22.6. The molecule has 37 heavy (non-hydrogen) atoms. The van der Waals surface area contributed by atoms with Gasteiger partial charge in [-0.25, -0.2) is 4.39 Å². The Balaban J connectivity index is 1.70. The number of hydrogen-bond donors (Lipinski definition) is 4. The van der Waals surface area contributed by atoms with Gasteiger partial charge >= 0.3 is 0 Å². The van der Waals surface area contributed by atoms with Gasteiger partial charge in [0, 0.05) is 28.7 Å². The van der Waals surface area contributed by atoms with Crippen LogP contribution < -0.4 is 16.0 Å². The Kier molecular flexibility index (Phi) is 6.80. The third kappa shape index (κ3) is 4.54. The maximum absolute atomic E-state index is 15.7. The predicted octanol–water partition coefficient (Wildman–Crippen LogP) is 4.91. The first-order valence-electron chi connectivity index (χ1n) is 12.7. The summed E-state index contributed by atoms with van der Waals surface area (Å²) in [5.41, 5.74) is -0.0415. The number of anilines is 1.